The molecule has 1 aromatic rings. The Morgan fingerprint density at radius 1 is 1.54 bits per heavy atom. The monoisotopic (exact) mass is 179 g/mol. The standard InChI is InChI=1S/C10H13NO2/c1-8(12)10(2,13-3)9-6-4-5-7-11-9/h4-7H,1-3H3. The van der Waals surface area contributed by atoms with E-state index in [1.807, 2.05) is 6.07 Å². The molecule has 13 heavy (non-hydrogen) atoms. The number of hydrogen-bond acceptors (Lipinski definition) is 3. The molecule has 1 heterocycles. The Labute approximate surface area is 77.8 Å². The molecule has 0 spiro atoms. The minimum atomic E-state index is -0.915. The largest absolute Gasteiger partial charge is 0.364 e. The van der Waals surface area contributed by atoms with Crippen LogP contribution < -0.4 is 0 Å². The fraction of sp³-hybridized carbons (Fsp3) is 0.400. The second kappa shape index (κ2) is 3.66. The summed E-state index contributed by atoms with van der Waals surface area (Å²) in [5.74, 6) is -0.0475. The van der Waals surface area contributed by atoms with Crippen LogP contribution in [0.5, 0.6) is 0 Å². The van der Waals surface area contributed by atoms with E-state index in [-0.39, 0.29) is 5.78 Å². The van der Waals surface area contributed by atoms with E-state index in [1.54, 1.807) is 25.3 Å². The lowest BCUT2D eigenvalue weighted by Gasteiger charge is -2.23. The van der Waals surface area contributed by atoms with Crippen LogP contribution in [-0.2, 0) is 15.1 Å². The summed E-state index contributed by atoms with van der Waals surface area (Å²) >= 11 is 0. The lowest BCUT2D eigenvalue weighted by atomic mass is 9.97. The molecule has 0 bridgehead atoms. The highest BCUT2D eigenvalue weighted by Crippen LogP contribution is 2.22. The quantitative estimate of drug-likeness (QED) is 0.706. The number of Topliss-reactive ketones (excluding diaryl/α,β-unsaturated/α-hetero) is 1. The maximum absolute atomic E-state index is 11.3. The number of nitrogens with zero attached hydrogens (tertiary/aromatic N) is 1. The van der Waals surface area contributed by atoms with Crippen molar-refractivity contribution in [3.8, 4) is 0 Å². The van der Waals surface area contributed by atoms with Crippen molar-refractivity contribution in [1.29, 1.82) is 0 Å². The molecule has 1 unspecified atom stereocenters. The van der Waals surface area contributed by atoms with Gasteiger partial charge in [0.2, 0.25) is 0 Å². The molecular formula is C10H13NO2. The van der Waals surface area contributed by atoms with E-state index in [9.17, 15) is 4.79 Å². The van der Waals surface area contributed by atoms with Crippen LogP contribution in [0.15, 0.2) is 24.4 Å². The summed E-state index contributed by atoms with van der Waals surface area (Å²) in [6.07, 6.45) is 1.65. The zero-order chi connectivity index (χ0) is 9.90. The average Bonchev–Trinajstić information content (AvgIpc) is 2.17. The maximum atomic E-state index is 11.3. The first-order valence-corrected chi connectivity index (χ1v) is 4.09. The normalized spacial score (nSPS) is 15.0. The molecule has 70 valence electrons. The summed E-state index contributed by atoms with van der Waals surface area (Å²) in [4.78, 5) is 15.4. The van der Waals surface area contributed by atoms with Crippen LogP contribution in [0.1, 0.15) is 19.5 Å². The summed E-state index contributed by atoms with van der Waals surface area (Å²) < 4.78 is 5.17. The van der Waals surface area contributed by atoms with Crippen molar-refractivity contribution < 1.29 is 9.53 Å². The highest BCUT2D eigenvalue weighted by atomic mass is 16.5. The molecular weight excluding hydrogens is 166 g/mol. The second-order valence-electron chi connectivity index (χ2n) is 3.01. The van der Waals surface area contributed by atoms with Gasteiger partial charge in [0, 0.05) is 13.3 Å². The van der Waals surface area contributed by atoms with Crippen molar-refractivity contribution in [2.75, 3.05) is 7.11 Å². The fourth-order valence-electron chi connectivity index (χ4n) is 1.07. The minimum absolute atomic E-state index is 0.0475. The molecule has 0 aliphatic carbocycles. The molecule has 3 nitrogen and oxygen atoms in total. The Bertz CT molecular complexity index is 297. The van der Waals surface area contributed by atoms with E-state index in [4.69, 9.17) is 4.74 Å². The van der Waals surface area contributed by atoms with Crippen molar-refractivity contribution in [3.63, 3.8) is 0 Å². The molecule has 1 rings (SSSR count). The zero-order valence-electron chi connectivity index (χ0n) is 8.07. The third kappa shape index (κ3) is 1.75. The SMILES string of the molecule is COC(C)(C(C)=O)c1ccccn1. The first kappa shape index (κ1) is 9.86. The van der Waals surface area contributed by atoms with Crippen molar-refractivity contribution >= 4 is 5.78 Å². The summed E-state index contributed by atoms with van der Waals surface area (Å²) in [5.41, 5.74) is -0.272. The molecule has 0 fully saturated rings. The molecule has 0 radical (unpaired) electrons. The van der Waals surface area contributed by atoms with Gasteiger partial charge in [-0.25, -0.2) is 0 Å². The highest BCUT2D eigenvalue weighted by Gasteiger charge is 2.32. The summed E-state index contributed by atoms with van der Waals surface area (Å²) in [5, 5.41) is 0. The van der Waals surface area contributed by atoms with Crippen LogP contribution in [0.3, 0.4) is 0 Å². The van der Waals surface area contributed by atoms with E-state index in [2.05, 4.69) is 4.98 Å². The number of carbonyl (C=O) groups is 1. The van der Waals surface area contributed by atoms with Gasteiger partial charge in [0.15, 0.2) is 11.4 Å². The van der Waals surface area contributed by atoms with Crippen molar-refractivity contribution in [2.45, 2.75) is 19.4 Å². The average molecular weight is 179 g/mol. The third-order valence-corrected chi connectivity index (χ3v) is 2.23. The molecule has 3 heteroatoms. The van der Waals surface area contributed by atoms with Crippen molar-refractivity contribution in [1.82, 2.24) is 4.98 Å². The van der Waals surface area contributed by atoms with Gasteiger partial charge in [0.1, 0.15) is 0 Å². The van der Waals surface area contributed by atoms with E-state index in [1.165, 1.54) is 14.0 Å². The van der Waals surface area contributed by atoms with Gasteiger partial charge in [-0.1, -0.05) is 6.07 Å². The smallest absolute Gasteiger partial charge is 0.167 e. The van der Waals surface area contributed by atoms with Gasteiger partial charge in [-0.05, 0) is 26.0 Å². The van der Waals surface area contributed by atoms with Gasteiger partial charge < -0.3 is 4.74 Å². The lowest BCUT2D eigenvalue weighted by molar-refractivity contribution is -0.138. The van der Waals surface area contributed by atoms with Gasteiger partial charge in [-0.2, -0.15) is 0 Å². The number of ether oxygens (including phenoxy) is 1. The predicted molar refractivity (Wildman–Crippen MR) is 49.3 cm³/mol. The van der Waals surface area contributed by atoms with E-state index < -0.39 is 5.60 Å². The van der Waals surface area contributed by atoms with Crippen molar-refractivity contribution in [3.05, 3.63) is 30.1 Å². The molecule has 0 aromatic carbocycles. The van der Waals surface area contributed by atoms with E-state index in [0.29, 0.717) is 5.69 Å². The highest BCUT2D eigenvalue weighted by molar-refractivity contribution is 5.85. The number of rotatable bonds is 3. The summed E-state index contributed by atoms with van der Waals surface area (Å²) in [7, 11) is 1.51. The predicted octanol–water partition coefficient (Wildman–Crippen LogP) is 1.53. The molecule has 0 amide bonds. The van der Waals surface area contributed by atoms with Crippen molar-refractivity contribution in [2.24, 2.45) is 0 Å². The Kier molecular flexibility index (Phi) is 2.78. The van der Waals surface area contributed by atoms with Crippen LogP contribution in [0.25, 0.3) is 0 Å². The Balaban J connectivity index is 3.11. The Hall–Kier alpha value is -1.22. The van der Waals surface area contributed by atoms with Crippen LogP contribution >= 0.6 is 0 Å². The summed E-state index contributed by atoms with van der Waals surface area (Å²) in [6.45, 7) is 3.22. The van der Waals surface area contributed by atoms with Gasteiger partial charge in [0.25, 0.3) is 0 Å². The Morgan fingerprint density at radius 3 is 2.62 bits per heavy atom. The zero-order valence-corrected chi connectivity index (χ0v) is 8.07. The summed E-state index contributed by atoms with van der Waals surface area (Å²) in [6, 6.07) is 5.42. The topological polar surface area (TPSA) is 39.2 Å². The van der Waals surface area contributed by atoms with Crippen LogP contribution in [0, 0.1) is 0 Å². The van der Waals surface area contributed by atoms with Gasteiger partial charge >= 0.3 is 0 Å². The van der Waals surface area contributed by atoms with Gasteiger partial charge in [-0.15, -0.1) is 0 Å². The maximum Gasteiger partial charge on any atom is 0.167 e. The second-order valence-corrected chi connectivity index (χ2v) is 3.01. The first-order valence-electron chi connectivity index (χ1n) is 4.09. The number of aromatic nitrogens is 1. The number of methoxy groups -OCH3 is 1. The van der Waals surface area contributed by atoms with Crippen LogP contribution in [0.4, 0.5) is 0 Å². The van der Waals surface area contributed by atoms with E-state index >= 15 is 0 Å². The number of hydrogen-bond donors (Lipinski definition) is 0. The Morgan fingerprint density at radius 2 is 2.23 bits per heavy atom. The van der Waals surface area contributed by atoms with Crippen LogP contribution in [0.2, 0.25) is 0 Å². The van der Waals surface area contributed by atoms with Gasteiger partial charge in [0.05, 0.1) is 5.69 Å². The molecule has 0 aliphatic heterocycles. The van der Waals surface area contributed by atoms with Gasteiger partial charge in [-0.3, -0.25) is 9.78 Å². The molecule has 0 saturated carbocycles. The fourth-order valence-corrected chi connectivity index (χ4v) is 1.07. The number of ketones is 1. The van der Waals surface area contributed by atoms with Crippen LogP contribution in [-0.4, -0.2) is 17.9 Å². The molecule has 1 aromatic heterocycles. The molecule has 0 N–H and O–H groups in total. The first-order chi connectivity index (χ1) is 6.11. The molecule has 1 atom stereocenters. The number of carbonyl (C=O) groups excluding carboxylic acids is 1. The molecule has 0 saturated heterocycles. The third-order valence-electron chi connectivity index (χ3n) is 2.23. The number of pyridine rings is 1. The molecule has 0 aliphatic rings. The minimum Gasteiger partial charge on any atom is -0.364 e. The lowest BCUT2D eigenvalue weighted by Crippen LogP contribution is -2.33. The van der Waals surface area contributed by atoms with E-state index in [0.717, 1.165) is 0 Å².